The van der Waals surface area contributed by atoms with Gasteiger partial charge in [0, 0.05) is 12.3 Å². The zero-order chi connectivity index (χ0) is 19.9. The summed E-state index contributed by atoms with van der Waals surface area (Å²) in [6.45, 7) is 4.46. The largest absolute Gasteiger partial charge is 0.494 e. The van der Waals surface area contributed by atoms with Crippen LogP contribution < -0.4 is 9.47 Å². The highest BCUT2D eigenvalue weighted by atomic mass is 32.2. The van der Waals surface area contributed by atoms with E-state index in [4.69, 9.17) is 9.47 Å². The summed E-state index contributed by atoms with van der Waals surface area (Å²) < 4.78 is 39.3. The van der Waals surface area contributed by atoms with Gasteiger partial charge in [0.15, 0.2) is 22.5 Å². The zero-order valence-corrected chi connectivity index (χ0v) is 16.1. The van der Waals surface area contributed by atoms with Gasteiger partial charge in [-0.15, -0.1) is 16.8 Å². The van der Waals surface area contributed by atoms with Gasteiger partial charge in [0.05, 0.1) is 7.11 Å². The van der Waals surface area contributed by atoms with Crippen LogP contribution in [-0.4, -0.2) is 21.9 Å². The Kier molecular flexibility index (Phi) is 6.65. The van der Waals surface area contributed by atoms with Gasteiger partial charge in [-0.25, -0.2) is 8.78 Å². The summed E-state index contributed by atoms with van der Waals surface area (Å²) in [5, 5.41) is 9.05. The highest BCUT2D eigenvalue weighted by Crippen LogP contribution is 2.25. The number of rotatable bonds is 9. The second kappa shape index (κ2) is 9.36. The zero-order valence-electron chi connectivity index (χ0n) is 15.3. The number of methoxy groups -OCH3 is 1. The first-order valence-corrected chi connectivity index (χ1v) is 9.46. The minimum Gasteiger partial charge on any atom is -0.494 e. The van der Waals surface area contributed by atoms with E-state index in [0.29, 0.717) is 29.0 Å². The van der Waals surface area contributed by atoms with Crippen LogP contribution in [0.2, 0.25) is 0 Å². The normalized spacial score (nSPS) is 10.7. The smallest absolute Gasteiger partial charge is 0.191 e. The summed E-state index contributed by atoms with van der Waals surface area (Å²) in [7, 11) is 1.43. The highest BCUT2D eigenvalue weighted by molar-refractivity contribution is 7.98. The molecule has 8 heteroatoms. The number of thioether (sulfide) groups is 1. The summed E-state index contributed by atoms with van der Waals surface area (Å²) in [6.07, 6.45) is 1.74. The summed E-state index contributed by atoms with van der Waals surface area (Å²) in [5.74, 6) is 1.17. The van der Waals surface area contributed by atoms with Crippen molar-refractivity contribution < 1.29 is 18.3 Å². The fourth-order valence-corrected chi connectivity index (χ4v) is 3.38. The molecule has 0 bridgehead atoms. The van der Waals surface area contributed by atoms with Gasteiger partial charge in [-0.1, -0.05) is 23.9 Å². The van der Waals surface area contributed by atoms with Gasteiger partial charge in [0.2, 0.25) is 0 Å². The average molecular weight is 403 g/mol. The molecule has 0 radical (unpaired) electrons. The van der Waals surface area contributed by atoms with E-state index in [1.807, 2.05) is 10.6 Å². The van der Waals surface area contributed by atoms with Crippen LogP contribution in [0.3, 0.4) is 0 Å². The molecule has 2 aromatic carbocycles. The van der Waals surface area contributed by atoms with Gasteiger partial charge in [0.1, 0.15) is 18.2 Å². The van der Waals surface area contributed by atoms with Crippen molar-refractivity contribution in [3.05, 3.63) is 78.1 Å². The minimum atomic E-state index is -0.401. The van der Waals surface area contributed by atoms with E-state index in [9.17, 15) is 8.78 Å². The molecule has 0 aliphatic carbocycles. The van der Waals surface area contributed by atoms with E-state index >= 15 is 0 Å². The van der Waals surface area contributed by atoms with E-state index in [2.05, 4.69) is 16.8 Å². The van der Waals surface area contributed by atoms with Gasteiger partial charge < -0.3 is 9.47 Å². The molecular formula is C20H19F2N3O2S. The van der Waals surface area contributed by atoms with Crippen molar-refractivity contribution in [2.24, 2.45) is 0 Å². The average Bonchev–Trinajstić information content (AvgIpc) is 3.08. The second-order valence-corrected chi connectivity index (χ2v) is 6.74. The first-order chi connectivity index (χ1) is 13.6. The molecule has 28 heavy (non-hydrogen) atoms. The standard InChI is InChI=1S/C20H19F2N3O2S/c1-3-10-25-19(12-27-16-7-5-15(21)6-8-16)23-24-20(25)28-13-14-4-9-18(26-2)17(22)11-14/h3-9,11H,1,10,12-13H2,2H3. The van der Waals surface area contributed by atoms with Crippen molar-refractivity contribution in [3.8, 4) is 11.5 Å². The van der Waals surface area contributed by atoms with E-state index < -0.39 is 5.82 Å². The molecule has 0 saturated heterocycles. The van der Waals surface area contributed by atoms with Gasteiger partial charge in [0.25, 0.3) is 0 Å². The molecular weight excluding hydrogens is 384 g/mol. The molecule has 1 heterocycles. The molecule has 0 saturated carbocycles. The summed E-state index contributed by atoms with van der Waals surface area (Å²) >= 11 is 1.44. The van der Waals surface area contributed by atoms with Crippen molar-refractivity contribution in [1.82, 2.24) is 14.8 Å². The van der Waals surface area contributed by atoms with Crippen molar-refractivity contribution in [2.75, 3.05) is 7.11 Å². The Balaban J connectivity index is 1.68. The van der Waals surface area contributed by atoms with Crippen molar-refractivity contribution in [2.45, 2.75) is 24.1 Å². The second-order valence-electron chi connectivity index (χ2n) is 5.80. The number of aromatic nitrogens is 3. The number of hydrogen-bond donors (Lipinski definition) is 0. The van der Waals surface area contributed by atoms with Crippen LogP contribution in [0.5, 0.6) is 11.5 Å². The number of ether oxygens (including phenoxy) is 2. The first kappa shape index (κ1) is 19.9. The van der Waals surface area contributed by atoms with Crippen LogP contribution in [0.1, 0.15) is 11.4 Å². The Labute approximate surface area is 166 Å². The maximum Gasteiger partial charge on any atom is 0.191 e. The number of nitrogens with zero attached hydrogens (tertiary/aromatic N) is 3. The van der Waals surface area contributed by atoms with E-state index in [0.717, 1.165) is 5.56 Å². The van der Waals surface area contributed by atoms with Crippen LogP contribution in [-0.2, 0) is 18.9 Å². The Morgan fingerprint density at radius 2 is 1.93 bits per heavy atom. The third-order valence-electron chi connectivity index (χ3n) is 3.87. The summed E-state index contributed by atoms with van der Waals surface area (Å²) in [6, 6.07) is 10.6. The van der Waals surface area contributed by atoms with Crippen molar-refractivity contribution in [3.63, 3.8) is 0 Å². The van der Waals surface area contributed by atoms with E-state index in [1.165, 1.54) is 37.1 Å². The lowest BCUT2D eigenvalue weighted by atomic mass is 10.2. The van der Waals surface area contributed by atoms with Crippen LogP contribution >= 0.6 is 11.8 Å². The predicted molar refractivity (Wildman–Crippen MR) is 103 cm³/mol. The minimum absolute atomic E-state index is 0.185. The third-order valence-corrected chi connectivity index (χ3v) is 4.91. The van der Waals surface area contributed by atoms with Gasteiger partial charge in [-0.3, -0.25) is 4.57 Å². The van der Waals surface area contributed by atoms with Gasteiger partial charge >= 0.3 is 0 Å². The van der Waals surface area contributed by atoms with Gasteiger partial charge in [-0.05, 0) is 42.0 Å². The van der Waals surface area contributed by atoms with E-state index in [1.54, 1.807) is 24.3 Å². The summed E-state index contributed by atoms with van der Waals surface area (Å²) in [4.78, 5) is 0. The molecule has 3 aromatic rings. The molecule has 0 atom stereocenters. The van der Waals surface area contributed by atoms with Crippen molar-refractivity contribution in [1.29, 1.82) is 0 Å². The van der Waals surface area contributed by atoms with Gasteiger partial charge in [-0.2, -0.15) is 0 Å². The number of halogens is 2. The predicted octanol–water partition coefficient (Wildman–Crippen LogP) is 4.62. The molecule has 0 unspecified atom stereocenters. The maximum atomic E-state index is 13.8. The fourth-order valence-electron chi connectivity index (χ4n) is 2.47. The number of hydrogen-bond acceptors (Lipinski definition) is 5. The first-order valence-electron chi connectivity index (χ1n) is 8.47. The molecule has 5 nitrogen and oxygen atoms in total. The summed E-state index contributed by atoms with van der Waals surface area (Å²) in [5.41, 5.74) is 0.806. The monoisotopic (exact) mass is 403 g/mol. The van der Waals surface area contributed by atoms with Crippen LogP contribution in [0, 0.1) is 11.6 Å². The molecule has 0 spiro atoms. The van der Waals surface area contributed by atoms with E-state index in [-0.39, 0.29) is 18.2 Å². The molecule has 3 rings (SSSR count). The molecule has 0 fully saturated rings. The van der Waals surface area contributed by atoms with Crippen LogP contribution in [0.4, 0.5) is 8.78 Å². The molecule has 1 aromatic heterocycles. The molecule has 146 valence electrons. The molecule has 0 amide bonds. The molecule has 0 N–H and O–H groups in total. The van der Waals surface area contributed by atoms with Crippen LogP contribution in [0.25, 0.3) is 0 Å². The number of allylic oxidation sites excluding steroid dienone is 1. The molecule has 0 aliphatic heterocycles. The number of benzene rings is 2. The van der Waals surface area contributed by atoms with Crippen LogP contribution in [0.15, 0.2) is 60.3 Å². The quantitative estimate of drug-likeness (QED) is 0.385. The Morgan fingerprint density at radius 1 is 1.14 bits per heavy atom. The Bertz CT molecular complexity index is 945. The Hall–Kier alpha value is -2.87. The maximum absolute atomic E-state index is 13.8. The lowest BCUT2D eigenvalue weighted by Crippen LogP contribution is -2.07. The fraction of sp³-hybridized carbons (Fsp3) is 0.200. The highest BCUT2D eigenvalue weighted by Gasteiger charge is 2.13. The van der Waals surface area contributed by atoms with Crippen molar-refractivity contribution >= 4 is 11.8 Å². The third kappa shape index (κ3) is 4.89. The lowest BCUT2D eigenvalue weighted by molar-refractivity contribution is 0.288. The molecule has 0 aliphatic rings. The SMILES string of the molecule is C=CCn1c(COc2ccc(F)cc2)nnc1SCc1ccc(OC)c(F)c1. The Morgan fingerprint density at radius 3 is 2.61 bits per heavy atom. The lowest BCUT2D eigenvalue weighted by Gasteiger charge is -2.09. The topological polar surface area (TPSA) is 49.2 Å².